The number of pyridine rings is 1. The van der Waals surface area contributed by atoms with E-state index in [1.54, 1.807) is 20.3 Å². The van der Waals surface area contributed by atoms with Gasteiger partial charge in [-0.05, 0) is 30.7 Å². The van der Waals surface area contributed by atoms with Crippen LogP contribution < -0.4 is 15.2 Å². The Morgan fingerprint density at radius 3 is 2.19 bits per heavy atom. The van der Waals surface area contributed by atoms with E-state index in [9.17, 15) is 4.39 Å². The molecule has 21 heavy (non-hydrogen) atoms. The molecule has 1 unspecified atom stereocenters. The molecule has 0 aliphatic carbocycles. The van der Waals surface area contributed by atoms with Gasteiger partial charge in [0.05, 0.1) is 37.2 Å². The predicted molar refractivity (Wildman–Crippen MR) is 79.0 cm³/mol. The SMILES string of the molecule is CCC(N)(c1ccc(F)cn1)c1c(OC)cccc1OC. The fourth-order valence-corrected chi connectivity index (χ4v) is 2.42. The molecule has 0 bridgehead atoms. The third-order valence-corrected chi connectivity index (χ3v) is 3.62. The van der Waals surface area contributed by atoms with E-state index in [0.717, 1.165) is 6.20 Å². The number of halogens is 1. The van der Waals surface area contributed by atoms with Crippen molar-refractivity contribution in [2.24, 2.45) is 5.73 Å². The van der Waals surface area contributed by atoms with E-state index >= 15 is 0 Å². The molecule has 2 aromatic rings. The molecular formula is C16H19FN2O2. The van der Waals surface area contributed by atoms with E-state index in [-0.39, 0.29) is 0 Å². The van der Waals surface area contributed by atoms with Crippen LogP contribution in [-0.4, -0.2) is 19.2 Å². The molecule has 112 valence electrons. The number of nitrogens with zero attached hydrogens (tertiary/aromatic N) is 1. The monoisotopic (exact) mass is 290 g/mol. The van der Waals surface area contributed by atoms with Gasteiger partial charge in [-0.25, -0.2) is 4.39 Å². The number of hydrogen-bond acceptors (Lipinski definition) is 4. The van der Waals surface area contributed by atoms with Crippen LogP contribution in [0.1, 0.15) is 24.6 Å². The summed E-state index contributed by atoms with van der Waals surface area (Å²) in [5, 5.41) is 0. The summed E-state index contributed by atoms with van der Waals surface area (Å²) in [7, 11) is 3.15. The van der Waals surface area contributed by atoms with Gasteiger partial charge in [0.25, 0.3) is 0 Å². The summed E-state index contributed by atoms with van der Waals surface area (Å²) in [6, 6.07) is 8.40. The summed E-state index contributed by atoms with van der Waals surface area (Å²) in [4.78, 5) is 4.14. The summed E-state index contributed by atoms with van der Waals surface area (Å²) in [6.07, 6.45) is 1.72. The number of aromatic nitrogens is 1. The average molecular weight is 290 g/mol. The van der Waals surface area contributed by atoms with Gasteiger partial charge in [-0.2, -0.15) is 0 Å². The number of methoxy groups -OCH3 is 2. The quantitative estimate of drug-likeness (QED) is 0.920. The van der Waals surface area contributed by atoms with E-state index in [2.05, 4.69) is 4.98 Å². The first-order valence-electron chi connectivity index (χ1n) is 6.69. The van der Waals surface area contributed by atoms with Crippen LogP contribution in [0.3, 0.4) is 0 Å². The van der Waals surface area contributed by atoms with Crippen molar-refractivity contribution in [3.8, 4) is 11.5 Å². The van der Waals surface area contributed by atoms with Crippen molar-refractivity contribution < 1.29 is 13.9 Å². The van der Waals surface area contributed by atoms with Gasteiger partial charge in [0.15, 0.2) is 0 Å². The van der Waals surface area contributed by atoms with Crippen LogP contribution >= 0.6 is 0 Å². The molecule has 0 amide bonds. The number of benzene rings is 1. The van der Waals surface area contributed by atoms with Gasteiger partial charge in [-0.15, -0.1) is 0 Å². The molecule has 1 atom stereocenters. The molecule has 0 aliphatic heterocycles. The van der Waals surface area contributed by atoms with Gasteiger partial charge in [0.1, 0.15) is 17.3 Å². The normalized spacial score (nSPS) is 13.6. The van der Waals surface area contributed by atoms with E-state index in [1.165, 1.54) is 6.07 Å². The van der Waals surface area contributed by atoms with Crippen molar-refractivity contribution in [3.63, 3.8) is 0 Å². The van der Waals surface area contributed by atoms with Crippen molar-refractivity contribution in [1.29, 1.82) is 0 Å². The van der Waals surface area contributed by atoms with Crippen molar-refractivity contribution in [3.05, 3.63) is 53.6 Å². The Bertz CT molecular complexity index is 594. The topological polar surface area (TPSA) is 57.4 Å². The molecule has 1 aromatic carbocycles. The molecule has 0 saturated carbocycles. The predicted octanol–water partition coefficient (Wildman–Crippen LogP) is 2.85. The standard InChI is InChI=1S/C16H19FN2O2/c1-4-16(18,14-9-8-11(17)10-19-14)15-12(20-2)6-5-7-13(15)21-3/h5-10H,4,18H2,1-3H3. The lowest BCUT2D eigenvalue weighted by Gasteiger charge is -2.31. The van der Waals surface area contributed by atoms with E-state index in [4.69, 9.17) is 15.2 Å². The lowest BCUT2D eigenvalue weighted by atomic mass is 9.83. The van der Waals surface area contributed by atoms with Crippen LogP contribution in [0.2, 0.25) is 0 Å². The minimum absolute atomic E-state index is 0.399. The Balaban J connectivity index is 2.67. The number of nitrogens with two attached hydrogens (primary N) is 1. The molecule has 5 heteroatoms. The minimum Gasteiger partial charge on any atom is -0.496 e. The lowest BCUT2D eigenvalue weighted by molar-refractivity contribution is 0.358. The van der Waals surface area contributed by atoms with Crippen LogP contribution in [-0.2, 0) is 5.54 Å². The third kappa shape index (κ3) is 2.69. The lowest BCUT2D eigenvalue weighted by Crippen LogP contribution is -2.39. The number of rotatable bonds is 5. The zero-order valence-corrected chi connectivity index (χ0v) is 12.4. The van der Waals surface area contributed by atoms with Crippen LogP contribution in [0.5, 0.6) is 11.5 Å². The maximum Gasteiger partial charge on any atom is 0.141 e. The highest BCUT2D eigenvalue weighted by atomic mass is 19.1. The second-order valence-electron chi connectivity index (χ2n) is 4.72. The fourth-order valence-electron chi connectivity index (χ4n) is 2.42. The average Bonchev–Trinajstić information content (AvgIpc) is 2.53. The number of ether oxygens (including phenoxy) is 2. The van der Waals surface area contributed by atoms with Gasteiger partial charge in [-0.3, -0.25) is 4.98 Å². The smallest absolute Gasteiger partial charge is 0.141 e. The maximum absolute atomic E-state index is 13.1. The number of hydrogen-bond donors (Lipinski definition) is 1. The summed E-state index contributed by atoms with van der Waals surface area (Å²) in [5.74, 6) is 0.832. The van der Waals surface area contributed by atoms with Crippen molar-refractivity contribution in [1.82, 2.24) is 4.98 Å². The first kappa shape index (κ1) is 15.3. The highest BCUT2D eigenvalue weighted by molar-refractivity contribution is 5.52. The summed E-state index contributed by atoms with van der Waals surface area (Å²) < 4.78 is 24.0. The van der Waals surface area contributed by atoms with Crippen LogP contribution in [0.25, 0.3) is 0 Å². The molecule has 0 aliphatic rings. The molecule has 2 N–H and O–H groups in total. The Morgan fingerprint density at radius 1 is 1.14 bits per heavy atom. The fraction of sp³-hybridized carbons (Fsp3) is 0.312. The molecular weight excluding hydrogens is 271 g/mol. The van der Waals surface area contributed by atoms with Gasteiger partial charge < -0.3 is 15.2 Å². The van der Waals surface area contributed by atoms with Crippen LogP contribution in [0.4, 0.5) is 4.39 Å². The highest BCUT2D eigenvalue weighted by Gasteiger charge is 2.35. The third-order valence-electron chi connectivity index (χ3n) is 3.62. The minimum atomic E-state index is -0.925. The van der Waals surface area contributed by atoms with Gasteiger partial charge in [0.2, 0.25) is 0 Å². The Morgan fingerprint density at radius 2 is 1.76 bits per heavy atom. The molecule has 0 saturated heterocycles. The molecule has 0 radical (unpaired) electrons. The zero-order chi connectivity index (χ0) is 15.5. The molecule has 0 spiro atoms. The van der Waals surface area contributed by atoms with E-state index in [0.29, 0.717) is 29.2 Å². The molecule has 1 heterocycles. The first-order valence-corrected chi connectivity index (χ1v) is 6.69. The van der Waals surface area contributed by atoms with Gasteiger partial charge in [-0.1, -0.05) is 13.0 Å². The highest BCUT2D eigenvalue weighted by Crippen LogP contribution is 2.41. The molecule has 0 fully saturated rings. The Labute approximate surface area is 123 Å². The second kappa shape index (κ2) is 6.10. The summed E-state index contributed by atoms with van der Waals surface area (Å²) in [5.41, 5.74) is 6.94. The molecule has 1 aromatic heterocycles. The van der Waals surface area contributed by atoms with Crippen molar-refractivity contribution in [2.45, 2.75) is 18.9 Å². The summed E-state index contributed by atoms with van der Waals surface area (Å²) in [6.45, 7) is 1.94. The molecule has 4 nitrogen and oxygen atoms in total. The molecule has 2 rings (SSSR count). The largest absolute Gasteiger partial charge is 0.496 e. The maximum atomic E-state index is 13.1. The van der Waals surface area contributed by atoms with Crippen molar-refractivity contribution >= 4 is 0 Å². The zero-order valence-electron chi connectivity index (χ0n) is 12.4. The Hall–Kier alpha value is -2.14. The van der Waals surface area contributed by atoms with Crippen molar-refractivity contribution in [2.75, 3.05) is 14.2 Å². The first-order chi connectivity index (χ1) is 10.1. The van der Waals surface area contributed by atoms with E-state index in [1.807, 2.05) is 25.1 Å². The summed E-state index contributed by atoms with van der Waals surface area (Å²) >= 11 is 0. The van der Waals surface area contributed by atoms with Crippen LogP contribution in [0.15, 0.2) is 36.5 Å². The Kier molecular flexibility index (Phi) is 4.43. The van der Waals surface area contributed by atoms with Crippen LogP contribution in [0, 0.1) is 5.82 Å². The second-order valence-corrected chi connectivity index (χ2v) is 4.72. The van der Waals surface area contributed by atoms with Gasteiger partial charge >= 0.3 is 0 Å². The van der Waals surface area contributed by atoms with E-state index < -0.39 is 11.4 Å². The van der Waals surface area contributed by atoms with Gasteiger partial charge in [0, 0.05) is 0 Å².